The normalized spacial score (nSPS) is 21.8. The van der Waals surface area contributed by atoms with E-state index in [0.717, 1.165) is 37.2 Å². The number of hydrogen-bond acceptors (Lipinski definition) is 2. The largest absolute Gasteiger partial charge is 0.382 e. The zero-order valence-corrected chi connectivity index (χ0v) is 13.9. The van der Waals surface area contributed by atoms with E-state index >= 15 is 0 Å². The number of hydrogen-bond donors (Lipinski definition) is 1. The zero-order valence-electron chi connectivity index (χ0n) is 13.9. The molecule has 22 heavy (non-hydrogen) atoms. The Balaban J connectivity index is 1.56. The average molecular weight is 300 g/mol. The molecule has 1 N–H and O–H groups in total. The van der Waals surface area contributed by atoms with Crippen molar-refractivity contribution in [2.24, 2.45) is 5.41 Å². The first kappa shape index (κ1) is 15.4. The maximum absolute atomic E-state index is 12.3. The highest BCUT2D eigenvalue weighted by Gasteiger charge is 2.26. The maximum Gasteiger partial charge on any atom is 0.253 e. The highest BCUT2D eigenvalue weighted by molar-refractivity contribution is 5.94. The van der Waals surface area contributed by atoms with E-state index in [2.05, 4.69) is 31.3 Å². The molecule has 1 aliphatic heterocycles. The van der Waals surface area contributed by atoms with E-state index in [1.807, 2.05) is 17.0 Å². The molecule has 1 heterocycles. The zero-order chi connectivity index (χ0) is 15.6. The quantitative estimate of drug-likeness (QED) is 0.902. The fourth-order valence-electron chi connectivity index (χ4n) is 3.59. The number of likely N-dealkylation sites (tertiary alicyclic amines) is 1. The van der Waals surface area contributed by atoms with Crippen LogP contribution in [-0.2, 0) is 0 Å². The second kappa shape index (κ2) is 6.31. The molecule has 0 atom stereocenters. The third-order valence-corrected chi connectivity index (χ3v) is 5.24. The molecule has 0 radical (unpaired) electrons. The van der Waals surface area contributed by atoms with Crippen molar-refractivity contribution >= 4 is 11.6 Å². The van der Waals surface area contributed by atoms with Gasteiger partial charge in [-0.15, -0.1) is 0 Å². The molecule has 2 aliphatic rings. The molecule has 2 fully saturated rings. The molecule has 3 nitrogen and oxygen atoms in total. The molecule has 0 aromatic heterocycles. The van der Waals surface area contributed by atoms with Crippen LogP contribution in [0.5, 0.6) is 0 Å². The van der Waals surface area contributed by atoms with Gasteiger partial charge >= 0.3 is 0 Å². The number of amides is 1. The number of nitrogens with one attached hydrogen (secondary N) is 1. The van der Waals surface area contributed by atoms with E-state index in [-0.39, 0.29) is 5.91 Å². The van der Waals surface area contributed by atoms with Gasteiger partial charge in [-0.2, -0.15) is 0 Å². The van der Waals surface area contributed by atoms with Crippen molar-refractivity contribution < 1.29 is 4.79 Å². The molecular formula is C19H28N2O. The van der Waals surface area contributed by atoms with Crippen LogP contribution in [0, 0.1) is 5.41 Å². The fraction of sp³-hybridized carbons (Fsp3) is 0.632. The van der Waals surface area contributed by atoms with Crippen LogP contribution < -0.4 is 5.32 Å². The summed E-state index contributed by atoms with van der Waals surface area (Å²) >= 11 is 0. The van der Waals surface area contributed by atoms with Gasteiger partial charge in [0.1, 0.15) is 0 Å². The average Bonchev–Trinajstić information content (AvgIpc) is 3.04. The monoisotopic (exact) mass is 300 g/mol. The van der Waals surface area contributed by atoms with Gasteiger partial charge in [0.2, 0.25) is 0 Å². The lowest BCUT2D eigenvalue weighted by molar-refractivity contribution is 0.0793. The summed E-state index contributed by atoms with van der Waals surface area (Å²) in [6.07, 6.45) is 7.34. The minimum atomic E-state index is 0.184. The third kappa shape index (κ3) is 3.63. The Morgan fingerprint density at radius 2 is 1.68 bits per heavy atom. The van der Waals surface area contributed by atoms with Crippen molar-refractivity contribution in [1.82, 2.24) is 4.90 Å². The summed E-state index contributed by atoms with van der Waals surface area (Å²) in [7, 11) is 0. The van der Waals surface area contributed by atoms with Crippen molar-refractivity contribution in [3.8, 4) is 0 Å². The van der Waals surface area contributed by atoms with Crippen molar-refractivity contribution in [3.05, 3.63) is 29.8 Å². The number of anilines is 1. The van der Waals surface area contributed by atoms with E-state index in [0.29, 0.717) is 11.5 Å². The highest BCUT2D eigenvalue weighted by Crippen LogP contribution is 2.36. The van der Waals surface area contributed by atoms with Gasteiger partial charge in [-0.05, 0) is 68.2 Å². The second-order valence-electron chi connectivity index (χ2n) is 7.66. The van der Waals surface area contributed by atoms with Crippen LogP contribution in [0.1, 0.15) is 62.7 Å². The summed E-state index contributed by atoms with van der Waals surface area (Å²) in [6, 6.07) is 8.63. The van der Waals surface area contributed by atoms with Crippen LogP contribution in [0.4, 0.5) is 5.69 Å². The summed E-state index contributed by atoms with van der Waals surface area (Å²) in [5.74, 6) is 0.184. The molecule has 3 rings (SSSR count). The maximum atomic E-state index is 12.3. The first-order valence-electron chi connectivity index (χ1n) is 8.69. The van der Waals surface area contributed by atoms with Gasteiger partial charge in [-0.25, -0.2) is 0 Å². The van der Waals surface area contributed by atoms with Gasteiger partial charge < -0.3 is 10.2 Å². The topological polar surface area (TPSA) is 32.3 Å². The number of carbonyl (C=O) groups excluding carboxylic acids is 1. The van der Waals surface area contributed by atoms with Crippen LogP contribution in [-0.4, -0.2) is 29.9 Å². The molecule has 3 heteroatoms. The summed E-state index contributed by atoms with van der Waals surface area (Å²) in [4.78, 5) is 14.3. The Kier molecular flexibility index (Phi) is 4.42. The molecule has 0 spiro atoms. The predicted molar refractivity (Wildman–Crippen MR) is 91.2 cm³/mol. The summed E-state index contributed by atoms with van der Waals surface area (Å²) < 4.78 is 0. The minimum Gasteiger partial charge on any atom is -0.382 e. The van der Waals surface area contributed by atoms with Gasteiger partial charge in [-0.1, -0.05) is 13.8 Å². The van der Waals surface area contributed by atoms with Crippen LogP contribution >= 0.6 is 0 Å². The van der Waals surface area contributed by atoms with Crippen molar-refractivity contribution in [1.29, 1.82) is 0 Å². The number of rotatable bonds is 3. The number of carbonyl (C=O) groups is 1. The molecule has 1 aromatic rings. The fourth-order valence-corrected chi connectivity index (χ4v) is 3.59. The van der Waals surface area contributed by atoms with Gasteiger partial charge in [0.25, 0.3) is 5.91 Å². The smallest absolute Gasteiger partial charge is 0.253 e. The van der Waals surface area contributed by atoms with E-state index in [4.69, 9.17) is 0 Å². The summed E-state index contributed by atoms with van der Waals surface area (Å²) in [5, 5.41) is 3.63. The van der Waals surface area contributed by atoms with E-state index in [1.165, 1.54) is 25.7 Å². The minimum absolute atomic E-state index is 0.184. The van der Waals surface area contributed by atoms with Crippen LogP contribution in [0.2, 0.25) is 0 Å². The third-order valence-electron chi connectivity index (χ3n) is 5.24. The Bertz CT molecular complexity index is 505. The Hall–Kier alpha value is -1.51. The van der Waals surface area contributed by atoms with Crippen molar-refractivity contribution in [2.45, 2.75) is 58.4 Å². The molecular weight excluding hydrogens is 272 g/mol. The van der Waals surface area contributed by atoms with Crippen molar-refractivity contribution in [3.63, 3.8) is 0 Å². The van der Waals surface area contributed by atoms with E-state index < -0.39 is 0 Å². The highest BCUT2D eigenvalue weighted by atomic mass is 16.2. The Morgan fingerprint density at radius 1 is 1.09 bits per heavy atom. The lowest BCUT2D eigenvalue weighted by Crippen LogP contribution is -2.30. The summed E-state index contributed by atoms with van der Waals surface area (Å²) in [6.45, 7) is 6.55. The predicted octanol–water partition coefficient (Wildman–Crippen LogP) is 4.30. The van der Waals surface area contributed by atoms with E-state index in [1.54, 1.807) is 0 Å². The van der Waals surface area contributed by atoms with Crippen LogP contribution in [0.3, 0.4) is 0 Å². The molecule has 0 bridgehead atoms. The standard InChI is InChI=1S/C19H28N2O/c1-19(2)11-9-17(10-12-19)20-16-7-5-15(6-8-16)18(22)21-13-3-4-14-21/h5-8,17,20H,3-4,9-14H2,1-2H3. The number of benzene rings is 1. The molecule has 1 aromatic carbocycles. The van der Waals surface area contributed by atoms with E-state index in [9.17, 15) is 4.79 Å². The Morgan fingerprint density at radius 3 is 2.27 bits per heavy atom. The molecule has 1 saturated carbocycles. The lowest BCUT2D eigenvalue weighted by atomic mass is 9.75. The Labute approximate surface area is 134 Å². The van der Waals surface area contributed by atoms with Crippen LogP contribution in [0.15, 0.2) is 24.3 Å². The van der Waals surface area contributed by atoms with Crippen molar-refractivity contribution in [2.75, 3.05) is 18.4 Å². The molecule has 120 valence electrons. The first-order valence-corrected chi connectivity index (χ1v) is 8.69. The summed E-state index contributed by atoms with van der Waals surface area (Å²) in [5.41, 5.74) is 2.46. The molecule has 1 aliphatic carbocycles. The molecule has 1 saturated heterocycles. The molecule has 1 amide bonds. The van der Waals surface area contributed by atoms with Gasteiger partial charge in [0.05, 0.1) is 0 Å². The lowest BCUT2D eigenvalue weighted by Gasteiger charge is -2.35. The van der Waals surface area contributed by atoms with Crippen LogP contribution in [0.25, 0.3) is 0 Å². The van der Waals surface area contributed by atoms with Gasteiger partial charge in [-0.3, -0.25) is 4.79 Å². The van der Waals surface area contributed by atoms with Gasteiger partial charge in [0, 0.05) is 30.4 Å². The second-order valence-corrected chi connectivity index (χ2v) is 7.66. The van der Waals surface area contributed by atoms with Gasteiger partial charge in [0.15, 0.2) is 0 Å². The SMILES string of the molecule is CC1(C)CCC(Nc2ccc(C(=O)N3CCCC3)cc2)CC1. The molecule has 0 unspecified atom stereocenters. The number of nitrogens with zero attached hydrogens (tertiary/aromatic N) is 1. The first-order chi connectivity index (χ1) is 10.5.